The van der Waals surface area contributed by atoms with E-state index >= 15 is 0 Å². The largest absolute Gasteiger partial charge is 0.368 e. The summed E-state index contributed by atoms with van der Waals surface area (Å²) < 4.78 is 0. The molecule has 0 aliphatic carbocycles. The van der Waals surface area contributed by atoms with Crippen molar-refractivity contribution in [1.29, 1.82) is 0 Å². The van der Waals surface area contributed by atoms with Gasteiger partial charge in [-0.1, -0.05) is 6.92 Å². The molecule has 2 atom stereocenters. The van der Waals surface area contributed by atoms with Gasteiger partial charge in [0.1, 0.15) is 5.82 Å². The van der Waals surface area contributed by atoms with Gasteiger partial charge in [0.25, 0.3) is 0 Å². The third kappa shape index (κ3) is 2.61. The molecule has 1 saturated heterocycles. The van der Waals surface area contributed by atoms with Crippen LogP contribution in [0.15, 0.2) is 12.3 Å². The van der Waals surface area contributed by atoms with E-state index in [4.69, 9.17) is 5.73 Å². The van der Waals surface area contributed by atoms with E-state index in [-0.39, 0.29) is 0 Å². The number of nitrogens with one attached hydrogen (secondary N) is 1. The lowest BCUT2D eigenvalue weighted by Gasteiger charge is -2.35. The Morgan fingerprint density at radius 2 is 2.38 bits per heavy atom. The lowest BCUT2D eigenvalue weighted by Crippen LogP contribution is -2.43. The van der Waals surface area contributed by atoms with Gasteiger partial charge in [-0.2, -0.15) is 4.98 Å². The third-order valence-corrected chi connectivity index (χ3v) is 3.12. The number of anilines is 2. The first-order chi connectivity index (χ1) is 7.65. The van der Waals surface area contributed by atoms with E-state index in [0.717, 1.165) is 25.3 Å². The quantitative estimate of drug-likeness (QED) is 0.773. The SMILES string of the molecule is CC1CN(C)CCC1Nc1ccnc(N)n1. The van der Waals surface area contributed by atoms with Crippen LogP contribution in [0.25, 0.3) is 0 Å². The zero-order chi connectivity index (χ0) is 11.5. The highest BCUT2D eigenvalue weighted by atomic mass is 15.1. The molecule has 0 spiro atoms. The van der Waals surface area contributed by atoms with Crippen LogP contribution in [0.2, 0.25) is 0 Å². The number of aromatic nitrogens is 2. The molecule has 0 aromatic carbocycles. The molecule has 0 amide bonds. The highest BCUT2D eigenvalue weighted by molar-refractivity contribution is 5.38. The van der Waals surface area contributed by atoms with Crippen molar-refractivity contribution in [2.75, 3.05) is 31.2 Å². The molecule has 5 nitrogen and oxygen atoms in total. The Morgan fingerprint density at radius 1 is 1.56 bits per heavy atom. The molecular formula is C11H19N5. The van der Waals surface area contributed by atoms with Crippen molar-refractivity contribution >= 4 is 11.8 Å². The van der Waals surface area contributed by atoms with Gasteiger partial charge in [0.05, 0.1) is 0 Å². The maximum absolute atomic E-state index is 5.55. The Morgan fingerprint density at radius 3 is 3.06 bits per heavy atom. The molecule has 2 rings (SSSR count). The summed E-state index contributed by atoms with van der Waals surface area (Å²) in [7, 11) is 2.16. The number of nitrogen functional groups attached to an aromatic ring is 1. The Kier molecular flexibility index (Phi) is 3.24. The molecule has 2 unspecified atom stereocenters. The van der Waals surface area contributed by atoms with Crippen molar-refractivity contribution in [2.45, 2.75) is 19.4 Å². The maximum atomic E-state index is 5.55. The van der Waals surface area contributed by atoms with Crippen LogP contribution < -0.4 is 11.1 Å². The minimum absolute atomic E-state index is 0.325. The molecule has 1 aliphatic heterocycles. The van der Waals surface area contributed by atoms with Crippen molar-refractivity contribution in [3.8, 4) is 0 Å². The van der Waals surface area contributed by atoms with Gasteiger partial charge in [0.15, 0.2) is 0 Å². The van der Waals surface area contributed by atoms with Gasteiger partial charge in [-0.3, -0.25) is 0 Å². The molecule has 1 aliphatic rings. The predicted octanol–water partition coefficient (Wildman–Crippen LogP) is 0.811. The minimum Gasteiger partial charge on any atom is -0.368 e. The average Bonchev–Trinajstić information content (AvgIpc) is 2.22. The van der Waals surface area contributed by atoms with Crippen LogP contribution >= 0.6 is 0 Å². The van der Waals surface area contributed by atoms with E-state index in [1.807, 2.05) is 6.07 Å². The Balaban J connectivity index is 1.99. The highest BCUT2D eigenvalue weighted by Gasteiger charge is 2.24. The van der Waals surface area contributed by atoms with Crippen LogP contribution in [0, 0.1) is 5.92 Å². The van der Waals surface area contributed by atoms with Crippen LogP contribution in [0.4, 0.5) is 11.8 Å². The molecule has 88 valence electrons. The van der Waals surface area contributed by atoms with E-state index in [0.29, 0.717) is 17.9 Å². The number of hydrogen-bond acceptors (Lipinski definition) is 5. The van der Waals surface area contributed by atoms with Crippen LogP contribution in [-0.2, 0) is 0 Å². The van der Waals surface area contributed by atoms with Crippen molar-refractivity contribution in [3.05, 3.63) is 12.3 Å². The van der Waals surface area contributed by atoms with Gasteiger partial charge < -0.3 is 16.0 Å². The Labute approximate surface area is 96.1 Å². The number of rotatable bonds is 2. The van der Waals surface area contributed by atoms with Crippen molar-refractivity contribution in [3.63, 3.8) is 0 Å². The molecule has 0 bridgehead atoms. The number of likely N-dealkylation sites (tertiary alicyclic amines) is 1. The smallest absolute Gasteiger partial charge is 0.221 e. The van der Waals surface area contributed by atoms with E-state index in [2.05, 4.69) is 34.2 Å². The second-order valence-corrected chi connectivity index (χ2v) is 4.58. The summed E-state index contributed by atoms with van der Waals surface area (Å²) in [6.07, 6.45) is 2.83. The number of nitrogens with two attached hydrogens (primary N) is 1. The summed E-state index contributed by atoms with van der Waals surface area (Å²) >= 11 is 0. The molecule has 1 fully saturated rings. The second-order valence-electron chi connectivity index (χ2n) is 4.58. The van der Waals surface area contributed by atoms with Gasteiger partial charge in [0.2, 0.25) is 5.95 Å². The minimum atomic E-state index is 0.325. The van der Waals surface area contributed by atoms with Crippen LogP contribution in [-0.4, -0.2) is 41.0 Å². The summed E-state index contributed by atoms with van der Waals surface area (Å²) in [5.74, 6) is 1.77. The normalized spacial score (nSPS) is 26.6. The molecule has 1 aromatic rings. The van der Waals surface area contributed by atoms with Crippen LogP contribution in [0.1, 0.15) is 13.3 Å². The monoisotopic (exact) mass is 221 g/mol. The zero-order valence-electron chi connectivity index (χ0n) is 9.85. The van der Waals surface area contributed by atoms with E-state index in [1.54, 1.807) is 6.20 Å². The summed E-state index contributed by atoms with van der Waals surface area (Å²) in [5.41, 5.74) is 5.55. The van der Waals surface area contributed by atoms with Gasteiger partial charge in [0, 0.05) is 18.8 Å². The topological polar surface area (TPSA) is 67.1 Å². The van der Waals surface area contributed by atoms with E-state index in [9.17, 15) is 0 Å². The number of nitrogens with zero attached hydrogens (tertiary/aromatic N) is 3. The van der Waals surface area contributed by atoms with Gasteiger partial charge in [-0.15, -0.1) is 0 Å². The average molecular weight is 221 g/mol. The summed E-state index contributed by atoms with van der Waals surface area (Å²) in [6, 6.07) is 2.34. The number of hydrogen-bond donors (Lipinski definition) is 2. The van der Waals surface area contributed by atoms with E-state index < -0.39 is 0 Å². The maximum Gasteiger partial charge on any atom is 0.221 e. The highest BCUT2D eigenvalue weighted by Crippen LogP contribution is 2.19. The number of piperidine rings is 1. The van der Waals surface area contributed by atoms with E-state index in [1.165, 1.54) is 0 Å². The first-order valence-electron chi connectivity index (χ1n) is 5.69. The fraction of sp³-hybridized carbons (Fsp3) is 0.636. The van der Waals surface area contributed by atoms with Gasteiger partial charge >= 0.3 is 0 Å². The lowest BCUT2D eigenvalue weighted by atomic mass is 9.94. The fourth-order valence-electron chi connectivity index (χ4n) is 2.21. The molecule has 3 N–H and O–H groups in total. The van der Waals surface area contributed by atoms with Gasteiger partial charge in [-0.25, -0.2) is 4.98 Å². The summed E-state index contributed by atoms with van der Waals surface area (Å²) in [6.45, 7) is 4.51. The predicted molar refractivity (Wildman–Crippen MR) is 65.1 cm³/mol. The zero-order valence-corrected chi connectivity index (χ0v) is 9.85. The standard InChI is InChI=1S/C11H19N5/c1-8-7-16(2)6-4-9(8)14-10-3-5-13-11(12)15-10/h3,5,8-9H,4,6-7H2,1-2H3,(H3,12,13,14,15). The molecule has 1 aromatic heterocycles. The molecule has 0 saturated carbocycles. The third-order valence-electron chi connectivity index (χ3n) is 3.12. The Hall–Kier alpha value is -1.36. The summed E-state index contributed by atoms with van der Waals surface area (Å²) in [5, 5.41) is 3.43. The Bertz CT molecular complexity index is 354. The molecule has 16 heavy (non-hydrogen) atoms. The molecule has 5 heteroatoms. The van der Waals surface area contributed by atoms with Crippen LogP contribution in [0.5, 0.6) is 0 Å². The first kappa shape index (κ1) is 11.1. The molecular weight excluding hydrogens is 202 g/mol. The summed E-state index contributed by atoms with van der Waals surface area (Å²) in [4.78, 5) is 10.4. The van der Waals surface area contributed by atoms with Gasteiger partial charge in [-0.05, 0) is 32.0 Å². The van der Waals surface area contributed by atoms with Crippen molar-refractivity contribution < 1.29 is 0 Å². The second kappa shape index (κ2) is 4.65. The first-order valence-corrected chi connectivity index (χ1v) is 5.69. The molecule has 0 radical (unpaired) electrons. The fourth-order valence-corrected chi connectivity index (χ4v) is 2.21. The lowest BCUT2D eigenvalue weighted by molar-refractivity contribution is 0.206. The molecule has 2 heterocycles. The van der Waals surface area contributed by atoms with Crippen molar-refractivity contribution in [2.24, 2.45) is 5.92 Å². The van der Waals surface area contributed by atoms with Crippen molar-refractivity contribution in [1.82, 2.24) is 14.9 Å². The van der Waals surface area contributed by atoms with Crippen LogP contribution in [0.3, 0.4) is 0 Å².